The number of hydrogen-bond acceptors (Lipinski definition) is 2. The lowest BCUT2D eigenvalue weighted by Gasteiger charge is -2.36. The van der Waals surface area contributed by atoms with Gasteiger partial charge in [0, 0.05) is 12.1 Å². The zero-order chi connectivity index (χ0) is 12.3. The van der Waals surface area contributed by atoms with Gasteiger partial charge in [0.25, 0.3) is 0 Å². The molecule has 0 saturated heterocycles. The van der Waals surface area contributed by atoms with Crippen LogP contribution < -0.4 is 0 Å². The number of carbonyl (C=O) groups excluding carboxylic acids is 1. The number of nitrogens with zero attached hydrogens (tertiary/aromatic N) is 1. The molecule has 0 heterocycles. The van der Waals surface area contributed by atoms with Gasteiger partial charge in [-0.2, -0.15) is 0 Å². The van der Waals surface area contributed by atoms with Crippen LogP contribution in [-0.2, 0) is 4.74 Å². The summed E-state index contributed by atoms with van der Waals surface area (Å²) in [5.74, 6) is 0. The van der Waals surface area contributed by atoms with Crippen LogP contribution in [0.4, 0.5) is 4.79 Å². The number of ether oxygens (including phenoxy) is 1. The lowest BCUT2D eigenvalue weighted by molar-refractivity contribution is 0.00972. The molecule has 0 aromatic carbocycles. The van der Waals surface area contributed by atoms with Crippen LogP contribution in [0.1, 0.15) is 41.5 Å². The monoisotopic (exact) mass is 213 g/mol. The molecule has 1 amide bonds. The van der Waals surface area contributed by atoms with Crippen LogP contribution in [0.3, 0.4) is 0 Å². The predicted molar refractivity (Wildman–Crippen MR) is 62.9 cm³/mol. The van der Waals surface area contributed by atoms with Crippen molar-refractivity contribution in [1.82, 2.24) is 4.90 Å². The molecule has 0 aromatic heterocycles. The highest BCUT2D eigenvalue weighted by Crippen LogP contribution is 2.18. The van der Waals surface area contributed by atoms with E-state index in [1.54, 1.807) is 11.0 Å². The quantitative estimate of drug-likeness (QED) is 0.659. The van der Waals surface area contributed by atoms with Crippen LogP contribution in [0.25, 0.3) is 0 Å². The molecule has 0 N–H and O–H groups in total. The summed E-state index contributed by atoms with van der Waals surface area (Å²) in [6.45, 7) is 15.6. The summed E-state index contributed by atoms with van der Waals surface area (Å²) in [5.41, 5.74) is -0.710. The van der Waals surface area contributed by atoms with Gasteiger partial charge in [-0.25, -0.2) is 4.79 Å². The van der Waals surface area contributed by atoms with Crippen molar-refractivity contribution in [3.63, 3.8) is 0 Å². The Hall–Kier alpha value is -0.990. The first-order valence-corrected chi connectivity index (χ1v) is 5.19. The lowest BCUT2D eigenvalue weighted by Crippen LogP contribution is -2.47. The van der Waals surface area contributed by atoms with Crippen LogP contribution in [-0.4, -0.2) is 28.7 Å². The van der Waals surface area contributed by atoms with Crippen molar-refractivity contribution in [3.8, 4) is 0 Å². The average Bonchev–Trinajstić information content (AvgIpc) is 1.93. The van der Waals surface area contributed by atoms with E-state index in [1.165, 1.54) is 0 Å². The highest BCUT2D eigenvalue weighted by molar-refractivity contribution is 5.69. The fourth-order valence-corrected chi connectivity index (χ4v) is 1.07. The summed E-state index contributed by atoms with van der Waals surface area (Å²) in [7, 11) is 0. The van der Waals surface area contributed by atoms with E-state index < -0.39 is 5.60 Å². The summed E-state index contributed by atoms with van der Waals surface area (Å²) in [5, 5.41) is 0. The van der Waals surface area contributed by atoms with Gasteiger partial charge in [0.15, 0.2) is 0 Å². The second-order valence-electron chi connectivity index (χ2n) is 5.55. The van der Waals surface area contributed by atoms with Crippen molar-refractivity contribution in [3.05, 3.63) is 12.7 Å². The zero-order valence-corrected chi connectivity index (χ0v) is 10.8. The molecule has 3 heteroatoms. The summed E-state index contributed by atoms with van der Waals surface area (Å²) in [6.07, 6.45) is 1.41. The maximum absolute atomic E-state index is 11.9. The molecule has 0 aliphatic heterocycles. The molecule has 88 valence electrons. The minimum Gasteiger partial charge on any atom is -0.444 e. The Morgan fingerprint density at radius 3 is 2.00 bits per heavy atom. The Morgan fingerprint density at radius 1 is 1.27 bits per heavy atom. The van der Waals surface area contributed by atoms with Gasteiger partial charge in [0.05, 0.1) is 0 Å². The fourth-order valence-electron chi connectivity index (χ4n) is 1.07. The molecule has 0 spiro atoms. The average molecular weight is 213 g/mol. The molecule has 0 saturated carbocycles. The van der Waals surface area contributed by atoms with Gasteiger partial charge in [0.1, 0.15) is 5.60 Å². The Balaban J connectivity index is 4.65. The van der Waals surface area contributed by atoms with E-state index in [1.807, 2.05) is 41.5 Å². The number of hydrogen-bond donors (Lipinski definition) is 0. The molecule has 0 aliphatic rings. The minimum atomic E-state index is -0.457. The van der Waals surface area contributed by atoms with E-state index in [0.717, 1.165) is 0 Å². The first-order chi connectivity index (χ1) is 6.58. The van der Waals surface area contributed by atoms with Crippen LogP contribution in [0.5, 0.6) is 0 Å². The minimum absolute atomic E-state index is 0.253. The van der Waals surface area contributed by atoms with Gasteiger partial charge in [-0.1, -0.05) is 6.08 Å². The molecule has 0 unspecified atom stereocenters. The Bertz CT molecular complexity index is 233. The molecule has 0 atom stereocenters. The van der Waals surface area contributed by atoms with E-state index >= 15 is 0 Å². The Morgan fingerprint density at radius 2 is 1.73 bits per heavy atom. The fraction of sp³-hybridized carbons (Fsp3) is 0.750. The topological polar surface area (TPSA) is 29.5 Å². The highest BCUT2D eigenvalue weighted by Gasteiger charge is 2.29. The van der Waals surface area contributed by atoms with E-state index in [0.29, 0.717) is 6.54 Å². The summed E-state index contributed by atoms with van der Waals surface area (Å²) in [6, 6.07) is 0. The normalized spacial score (nSPS) is 12.1. The van der Waals surface area contributed by atoms with Crippen molar-refractivity contribution >= 4 is 6.09 Å². The number of rotatable bonds is 2. The summed E-state index contributed by atoms with van der Waals surface area (Å²) < 4.78 is 5.32. The maximum atomic E-state index is 11.9. The summed E-state index contributed by atoms with van der Waals surface area (Å²) in [4.78, 5) is 13.5. The van der Waals surface area contributed by atoms with Crippen molar-refractivity contribution in [1.29, 1.82) is 0 Å². The van der Waals surface area contributed by atoms with Gasteiger partial charge >= 0.3 is 6.09 Å². The molecule has 0 aliphatic carbocycles. The van der Waals surface area contributed by atoms with E-state index in [4.69, 9.17) is 4.74 Å². The molecular formula is C12H23NO2. The molecular weight excluding hydrogens is 190 g/mol. The smallest absolute Gasteiger partial charge is 0.411 e. The van der Waals surface area contributed by atoms with Crippen molar-refractivity contribution in [2.45, 2.75) is 52.7 Å². The molecule has 0 radical (unpaired) electrons. The van der Waals surface area contributed by atoms with Gasteiger partial charge in [-0.05, 0) is 41.5 Å². The Labute approximate surface area is 93.1 Å². The van der Waals surface area contributed by atoms with Gasteiger partial charge < -0.3 is 4.74 Å². The SMILES string of the molecule is C=CCN(C(=O)OC(C)(C)C)C(C)(C)C. The molecule has 0 aromatic rings. The third-order valence-corrected chi connectivity index (χ3v) is 1.74. The third-order valence-electron chi connectivity index (χ3n) is 1.74. The maximum Gasteiger partial charge on any atom is 0.411 e. The number of amides is 1. The van der Waals surface area contributed by atoms with Crippen molar-refractivity contribution in [2.75, 3.05) is 6.54 Å². The number of carbonyl (C=O) groups is 1. The van der Waals surface area contributed by atoms with Crippen molar-refractivity contribution < 1.29 is 9.53 Å². The van der Waals surface area contributed by atoms with Gasteiger partial charge in [-0.3, -0.25) is 4.90 Å². The van der Waals surface area contributed by atoms with Crippen LogP contribution >= 0.6 is 0 Å². The first kappa shape index (κ1) is 14.0. The van der Waals surface area contributed by atoms with Crippen LogP contribution in [0, 0.1) is 0 Å². The largest absolute Gasteiger partial charge is 0.444 e. The van der Waals surface area contributed by atoms with E-state index in [2.05, 4.69) is 6.58 Å². The van der Waals surface area contributed by atoms with Crippen molar-refractivity contribution in [2.24, 2.45) is 0 Å². The lowest BCUT2D eigenvalue weighted by atomic mass is 10.1. The molecule has 0 fully saturated rings. The van der Waals surface area contributed by atoms with Gasteiger partial charge in [0.2, 0.25) is 0 Å². The predicted octanol–water partition coefficient (Wildman–Crippen LogP) is 3.21. The molecule has 0 bridgehead atoms. The van der Waals surface area contributed by atoms with Crippen LogP contribution in [0.15, 0.2) is 12.7 Å². The molecule has 0 rings (SSSR count). The second-order valence-corrected chi connectivity index (χ2v) is 5.55. The Kier molecular flexibility index (Phi) is 4.38. The standard InChI is InChI=1S/C12H23NO2/c1-8-9-13(11(2,3)4)10(14)15-12(5,6)7/h8H,1,9H2,2-7H3. The van der Waals surface area contributed by atoms with Gasteiger partial charge in [-0.15, -0.1) is 6.58 Å². The zero-order valence-electron chi connectivity index (χ0n) is 10.8. The third kappa shape index (κ3) is 5.45. The highest BCUT2D eigenvalue weighted by atomic mass is 16.6. The van der Waals surface area contributed by atoms with Crippen LogP contribution in [0.2, 0.25) is 0 Å². The van der Waals surface area contributed by atoms with E-state index in [9.17, 15) is 4.79 Å². The molecule has 3 nitrogen and oxygen atoms in total. The molecule has 15 heavy (non-hydrogen) atoms. The summed E-state index contributed by atoms with van der Waals surface area (Å²) >= 11 is 0. The first-order valence-electron chi connectivity index (χ1n) is 5.19. The van der Waals surface area contributed by atoms with E-state index in [-0.39, 0.29) is 11.6 Å². The second kappa shape index (κ2) is 4.69.